The number of nitrogens with one attached hydrogen (secondary N) is 2. The van der Waals surface area contributed by atoms with Gasteiger partial charge in [-0.3, -0.25) is 4.79 Å². The fraction of sp³-hybridized carbons (Fsp3) is 0.350. The largest absolute Gasteiger partial charge is 0.494 e. The molecule has 2 aromatic carbocycles. The van der Waals surface area contributed by atoms with Crippen molar-refractivity contribution in [3.05, 3.63) is 48.5 Å². The molecule has 1 amide bonds. The summed E-state index contributed by atoms with van der Waals surface area (Å²) in [5.74, 6) is 1.38. The van der Waals surface area contributed by atoms with Crippen molar-refractivity contribution < 1.29 is 14.3 Å². The van der Waals surface area contributed by atoms with Crippen LogP contribution in [0.4, 0.5) is 11.4 Å². The number of carbonyl (C=O) groups is 1. The Bertz CT molecular complexity index is 673. The summed E-state index contributed by atoms with van der Waals surface area (Å²) in [6.07, 6.45) is 2.10. The number of ether oxygens (including phenoxy) is 2. The predicted octanol–water partition coefficient (Wildman–Crippen LogP) is 4.31. The number of hydrogen-bond acceptors (Lipinski definition) is 4. The summed E-state index contributed by atoms with van der Waals surface area (Å²) < 4.78 is 11.2. The maximum absolute atomic E-state index is 12.2. The molecule has 0 bridgehead atoms. The van der Waals surface area contributed by atoms with Gasteiger partial charge in [-0.05, 0) is 37.6 Å². The fourth-order valence-corrected chi connectivity index (χ4v) is 2.27. The highest BCUT2D eigenvalue weighted by molar-refractivity contribution is 5.94. The highest BCUT2D eigenvalue weighted by Gasteiger charge is 2.06. The van der Waals surface area contributed by atoms with Crippen molar-refractivity contribution in [2.45, 2.75) is 26.7 Å². The Morgan fingerprint density at radius 2 is 1.88 bits per heavy atom. The summed E-state index contributed by atoms with van der Waals surface area (Å²) in [5.41, 5.74) is 1.52. The molecule has 2 rings (SSSR count). The van der Waals surface area contributed by atoms with E-state index >= 15 is 0 Å². The van der Waals surface area contributed by atoms with Crippen LogP contribution in [0.15, 0.2) is 48.5 Å². The van der Waals surface area contributed by atoms with Gasteiger partial charge in [0.15, 0.2) is 0 Å². The molecule has 0 aliphatic heterocycles. The molecule has 25 heavy (non-hydrogen) atoms. The second-order valence-electron chi connectivity index (χ2n) is 5.56. The molecule has 0 unspecified atom stereocenters. The van der Waals surface area contributed by atoms with Crippen molar-refractivity contribution in [2.75, 3.05) is 30.4 Å². The molecule has 0 radical (unpaired) electrons. The normalized spacial score (nSPS) is 10.2. The number of rotatable bonds is 10. The van der Waals surface area contributed by atoms with Crippen molar-refractivity contribution >= 4 is 17.3 Å². The van der Waals surface area contributed by atoms with E-state index in [0.29, 0.717) is 13.2 Å². The van der Waals surface area contributed by atoms with Crippen LogP contribution in [0.3, 0.4) is 0 Å². The maximum Gasteiger partial charge on any atom is 0.243 e. The lowest BCUT2D eigenvalue weighted by Crippen LogP contribution is -2.22. The van der Waals surface area contributed by atoms with E-state index in [1.165, 1.54) is 0 Å². The molecule has 0 aromatic heterocycles. The van der Waals surface area contributed by atoms with Gasteiger partial charge in [0.25, 0.3) is 0 Å². The average Bonchev–Trinajstić information content (AvgIpc) is 2.62. The monoisotopic (exact) mass is 342 g/mol. The first-order chi connectivity index (χ1) is 12.2. The molecule has 2 aromatic rings. The number of benzene rings is 2. The zero-order valence-corrected chi connectivity index (χ0v) is 14.9. The molecule has 0 saturated heterocycles. The van der Waals surface area contributed by atoms with Gasteiger partial charge in [-0.1, -0.05) is 31.5 Å². The Kier molecular flexibility index (Phi) is 7.63. The third kappa shape index (κ3) is 6.37. The second-order valence-corrected chi connectivity index (χ2v) is 5.56. The van der Waals surface area contributed by atoms with Crippen LogP contribution in [0, 0.1) is 0 Å². The summed E-state index contributed by atoms with van der Waals surface area (Å²) in [4.78, 5) is 12.2. The quantitative estimate of drug-likeness (QED) is 0.632. The highest BCUT2D eigenvalue weighted by Crippen LogP contribution is 2.23. The van der Waals surface area contributed by atoms with Crippen LogP contribution < -0.4 is 20.1 Å². The predicted molar refractivity (Wildman–Crippen MR) is 102 cm³/mol. The lowest BCUT2D eigenvalue weighted by atomic mass is 10.3. The third-order valence-corrected chi connectivity index (χ3v) is 3.51. The zero-order chi connectivity index (χ0) is 17.9. The van der Waals surface area contributed by atoms with E-state index in [0.717, 1.165) is 35.7 Å². The molecule has 0 aliphatic carbocycles. The van der Waals surface area contributed by atoms with E-state index in [1.54, 1.807) is 0 Å². The molecule has 5 heteroatoms. The van der Waals surface area contributed by atoms with Gasteiger partial charge in [-0.2, -0.15) is 0 Å². The zero-order valence-electron chi connectivity index (χ0n) is 14.9. The summed E-state index contributed by atoms with van der Waals surface area (Å²) >= 11 is 0. The Morgan fingerprint density at radius 1 is 1.04 bits per heavy atom. The maximum atomic E-state index is 12.2. The van der Waals surface area contributed by atoms with Crippen molar-refractivity contribution in [3.63, 3.8) is 0 Å². The van der Waals surface area contributed by atoms with Crippen molar-refractivity contribution in [1.29, 1.82) is 0 Å². The number of anilines is 2. The molecule has 5 nitrogen and oxygen atoms in total. The molecule has 0 spiro atoms. The van der Waals surface area contributed by atoms with Crippen molar-refractivity contribution in [1.82, 2.24) is 0 Å². The molecule has 2 N–H and O–H groups in total. The van der Waals surface area contributed by atoms with Gasteiger partial charge in [0.1, 0.15) is 11.5 Å². The minimum atomic E-state index is -0.128. The van der Waals surface area contributed by atoms with Gasteiger partial charge in [-0.25, -0.2) is 0 Å². The first-order valence-electron chi connectivity index (χ1n) is 8.71. The van der Waals surface area contributed by atoms with Crippen molar-refractivity contribution in [3.8, 4) is 11.5 Å². The Balaban J connectivity index is 1.87. The van der Waals surface area contributed by atoms with E-state index in [9.17, 15) is 4.79 Å². The van der Waals surface area contributed by atoms with Gasteiger partial charge in [0.05, 0.1) is 25.4 Å². The van der Waals surface area contributed by atoms with Gasteiger partial charge in [-0.15, -0.1) is 0 Å². The Labute approximate surface area is 149 Å². The van der Waals surface area contributed by atoms with Crippen LogP contribution in [0.1, 0.15) is 26.7 Å². The topological polar surface area (TPSA) is 59.6 Å². The first kappa shape index (κ1) is 18.6. The van der Waals surface area contributed by atoms with Gasteiger partial charge < -0.3 is 20.1 Å². The number of amides is 1. The first-order valence-corrected chi connectivity index (χ1v) is 8.71. The summed E-state index contributed by atoms with van der Waals surface area (Å²) in [7, 11) is 0. The molecule has 0 saturated carbocycles. The number of carbonyl (C=O) groups excluding carboxylic acids is 1. The molecule has 134 valence electrons. The van der Waals surface area contributed by atoms with Gasteiger partial charge in [0.2, 0.25) is 5.91 Å². The van der Waals surface area contributed by atoms with Crippen LogP contribution >= 0.6 is 0 Å². The number of hydrogen-bond donors (Lipinski definition) is 2. The van der Waals surface area contributed by atoms with Crippen LogP contribution in [0.25, 0.3) is 0 Å². The molecule has 0 fully saturated rings. The lowest BCUT2D eigenvalue weighted by Gasteiger charge is -2.12. The SMILES string of the molecule is CCCCOc1cccc(NC(=O)CNc2ccccc2OCC)c1. The molecule has 0 atom stereocenters. The third-order valence-electron chi connectivity index (χ3n) is 3.51. The number of para-hydroxylation sites is 2. The molecule has 0 aliphatic rings. The molecular formula is C20H26N2O3. The Hall–Kier alpha value is -2.69. The van der Waals surface area contributed by atoms with E-state index in [4.69, 9.17) is 9.47 Å². The average molecular weight is 342 g/mol. The molecular weight excluding hydrogens is 316 g/mol. The minimum absolute atomic E-state index is 0.128. The van der Waals surface area contributed by atoms with E-state index in [1.807, 2.05) is 55.5 Å². The van der Waals surface area contributed by atoms with Crippen LogP contribution in [-0.4, -0.2) is 25.7 Å². The van der Waals surface area contributed by atoms with E-state index in [2.05, 4.69) is 17.6 Å². The standard InChI is InChI=1S/C20H26N2O3/c1-3-5-13-25-17-10-8-9-16(14-17)22-20(23)15-21-18-11-6-7-12-19(18)24-4-2/h6-12,14,21H,3-5,13,15H2,1-2H3,(H,22,23). The van der Waals surface area contributed by atoms with Crippen LogP contribution in [0.5, 0.6) is 11.5 Å². The van der Waals surface area contributed by atoms with E-state index < -0.39 is 0 Å². The fourth-order valence-electron chi connectivity index (χ4n) is 2.27. The summed E-state index contributed by atoms with van der Waals surface area (Å²) in [6.45, 7) is 5.47. The molecule has 0 heterocycles. The van der Waals surface area contributed by atoms with Crippen LogP contribution in [0.2, 0.25) is 0 Å². The van der Waals surface area contributed by atoms with Crippen LogP contribution in [-0.2, 0) is 4.79 Å². The van der Waals surface area contributed by atoms with Gasteiger partial charge in [0, 0.05) is 11.8 Å². The summed E-state index contributed by atoms with van der Waals surface area (Å²) in [6, 6.07) is 15.0. The highest BCUT2D eigenvalue weighted by atomic mass is 16.5. The lowest BCUT2D eigenvalue weighted by molar-refractivity contribution is -0.114. The number of unbranched alkanes of at least 4 members (excludes halogenated alkanes) is 1. The van der Waals surface area contributed by atoms with E-state index in [-0.39, 0.29) is 12.5 Å². The smallest absolute Gasteiger partial charge is 0.243 e. The summed E-state index contributed by atoms with van der Waals surface area (Å²) in [5, 5.41) is 5.98. The van der Waals surface area contributed by atoms with Crippen molar-refractivity contribution in [2.24, 2.45) is 0 Å². The van der Waals surface area contributed by atoms with Gasteiger partial charge >= 0.3 is 0 Å². The Morgan fingerprint density at radius 3 is 2.68 bits per heavy atom. The minimum Gasteiger partial charge on any atom is -0.494 e. The second kappa shape index (κ2) is 10.2.